The van der Waals surface area contributed by atoms with E-state index in [4.69, 9.17) is 0 Å². The Bertz CT molecular complexity index is 904. The van der Waals surface area contributed by atoms with E-state index in [0.29, 0.717) is 18.9 Å². The summed E-state index contributed by atoms with van der Waals surface area (Å²) in [5, 5.41) is 0. The summed E-state index contributed by atoms with van der Waals surface area (Å²) in [6.07, 6.45) is 6.33. The number of rotatable bonds is 6. The number of anilines is 1. The van der Waals surface area contributed by atoms with Crippen molar-refractivity contribution in [1.82, 2.24) is 19.9 Å². The summed E-state index contributed by atoms with van der Waals surface area (Å²) in [7, 11) is 0.450. The summed E-state index contributed by atoms with van der Waals surface area (Å²) in [5.41, 5.74) is 1.42. The first kappa shape index (κ1) is 19.2. The van der Waals surface area contributed by atoms with Crippen LogP contribution in [0.3, 0.4) is 0 Å². The smallest absolute Gasteiger partial charge is 0.272 e. The minimum Gasteiger partial charge on any atom is -0.344 e. The first-order valence-electron chi connectivity index (χ1n) is 8.76. The summed E-state index contributed by atoms with van der Waals surface area (Å²) in [5.74, 6) is 0.312. The van der Waals surface area contributed by atoms with Crippen LogP contribution in [0.15, 0.2) is 36.8 Å². The molecule has 0 aromatic carbocycles. The van der Waals surface area contributed by atoms with E-state index in [0.717, 1.165) is 12.0 Å². The van der Waals surface area contributed by atoms with Gasteiger partial charge in [-0.1, -0.05) is 0 Å². The Labute approximate surface area is 159 Å². The molecule has 1 amide bonds. The fourth-order valence-corrected chi connectivity index (χ4v) is 4.80. The van der Waals surface area contributed by atoms with Crippen LogP contribution in [-0.2, 0) is 16.3 Å². The Morgan fingerprint density at radius 1 is 1.19 bits per heavy atom. The number of nitrogens with zero attached hydrogens (tertiary/aromatic N) is 5. The molecule has 1 unspecified atom stereocenters. The summed E-state index contributed by atoms with van der Waals surface area (Å²) < 4.78 is 23.3. The summed E-state index contributed by atoms with van der Waals surface area (Å²) in [6, 6.07) is 5.17. The van der Waals surface area contributed by atoms with Crippen molar-refractivity contribution in [3.8, 4) is 0 Å². The second kappa shape index (κ2) is 7.99. The molecular formula is C18H23N5O3S. The van der Waals surface area contributed by atoms with Gasteiger partial charge in [0.2, 0.25) is 5.95 Å². The number of aromatic nitrogens is 3. The van der Waals surface area contributed by atoms with Gasteiger partial charge in [-0.15, -0.1) is 0 Å². The molecule has 0 N–H and O–H groups in total. The maximum atomic E-state index is 12.7. The number of hydrogen-bond acceptors (Lipinski definition) is 7. The molecular weight excluding hydrogens is 366 g/mol. The highest BCUT2D eigenvalue weighted by atomic mass is 32.2. The van der Waals surface area contributed by atoms with Crippen LogP contribution < -0.4 is 4.90 Å². The molecule has 1 fully saturated rings. The van der Waals surface area contributed by atoms with Crippen molar-refractivity contribution < 1.29 is 13.2 Å². The van der Waals surface area contributed by atoms with Gasteiger partial charge < -0.3 is 9.80 Å². The fraction of sp³-hybridized carbons (Fsp3) is 0.444. The van der Waals surface area contributed by atoms with E-state index in [9.17, 15) is 13.2 Å². The molecule has 1 saturated heterocycles. The van der Waals surface area contributed by atoms with Crippen LogP contribution in [0.1, 0.15) is 22.5 Å². The zero-order valence-electron chi connectivity index (χ0n) is 15.4. The lowest BCUT2D eigenvalue weighted by Crippen LogP contribution is -2.38. The van der Waals surface area contributed by atoms with Gasteiger partial charge in [-0.2, -0.15) is 0 Å². The van der Waals surface area contributed by atoms with E-state index in [1.54, 1.807) is 31.7 Å². The van der Waals surface area contributed by atoms with Gasteiger partial charge in [0.1, 0.15) is 5.69 Å². The molecule has 2 aromatic heterocycles. The summed E-state index contributed by atoms with van der Waals surface area (Å²) in [6.45, 7) is 0.693. The molecule has 0 spiro atoms. The standard InChI is InChI=1S/C18H23N5O3S/c1-22(11-6-14-3-8-19-9-4-14)18-20-10-5-16(21-18)17(24)23(2)15-7-12-27(25,26)13-15/h3-5,8-10,15H,6-7,11-13H2,1-2H3. The van der Waals surface area contributed by atoms with Crippen LogP contribution in [0.25, 0.3) is 0 Å². The minimum absolute atomic E-state index is 0.0129. The van der Waals surface area contributed by atoms with Crippen LogP contribution in [0.4, 0.5) is 5.95 Å². The summed E-state index contributed by atoms with van der Waals surface area (Å²) in [4.78, 5) is 28.7. The molecule has 0 bridgehead atoms. The first-order valence-corrected chi connectivity index (χ1v) is 10.6. The molecule has 2 aromatic rings. The van der Waals surface area contributed by atoms with E-state index in [2.05, 4.69) is 15.0 Å². The van der Waals surface area contributed by atoms with Crippen molar-refractivity contribution in [3.05, 3.63) is 48.0 Å². The highest BCUT2D eigenvalue weighted by Crippen LogP contribution is 2.18. The van der Waals surface area contributed by atoms with Crippen molar-refractivity contribution in [3.63, 3.8) is 0 Å². The molecule has 0 saturated carbocycles. The third-order valence-corrected chi connectivity index (χ3v) is 6.52. The molecule has 9 heteroatoms. The zero-order valence-corrected chi connectivity index (χ0v) is 16.3. The van der Waals surface area contributed by atoms with Crippen molar-refractivity contribution in [2.24, 2.45) is 0 Å². The highest BCUT2D eigenvalue weighted by molar-refractivity contribution is 7.91. The van der Waals surface area contributed by atoms with Crippen LogP contribution in [0.2, 0.25) is 0 Å². The molecule has 1 atom stereocenters. The maximum absolute atomic E-state index is 12.7. The zero-order chi connectivity index (χ0) is 19.4. The number of pyridine rings is 1. The number of carbonyl (C=O) groups is 1. The molecule has 3 heterocycles. The van der Waals surface area contributed by atoms with Gasteiger partial charge in [0, 0.05) is 45.3 Å². The molecule has 0 aliphatic carbocycles. The number of sulfone groups is 1. The molecule has 1 aliphatic rings. The largest absolute Gasteiger partial charge is 0.344 e. The first-order chi connectivity index (χ1) is 12.9. The molecule has 8 nitrogen and oxygen atoms in total. The Morgan fingerprint density at radius 3 is 2.59 bits per heavy atom. The molecule has 1 aliphatic heterocycles. The Morgan fingerprint density at radius 2 is 1.93 bits per heavy atom. The normalized spacial score (nSPS) is 18.2. The predicted molar refractivity (Wildman–Crippen MR) is 102 cm³/mol. The van der Waals surface area contributed by atoms with Crippen molar-refractivity contribution in [2.75, 3.05) is 37.0 Å². The average Bonchev–Trinajstić information content (AvgIpc) is 3.05. The van der Waals surface area contributed by atoms with Crippen molar-refractivity contribution >= 4 is 21.7 Å². The quantitative estimate of drug-likeness (QED) is 0.721. The average molecular weight is 389 g/mol. The third kappa shape index (κ3) is 4.79. The van der Waals surface area contributed by atoms with Gasteiger partial charge in [0.15, 0.2) is 9.84 Å². The maximum Gasteiger partial charge on any atom is 0.272 e. The fourth-order valence-electron chi connectivity index (χ4n) is 3.03. The lowest BCUT2D eigenvalue weighted by Gasteiger charge is -2.23. The van der Waals surface area contributed by atoms with Gasteiger partial charge in [-0.25, -0.2) is 18.4 Å². The monoisotopic (exact) mass is 389 g/mol. The van der Waals surface area contributed by atoms with Gasteiger partial charge in [0.25, 0.3) is 5.91 Å². The second-order valence-corrected chi connectivity index (χ2v) is 8.97. The van der Waals surface area contributed by atoms with E-state index < -0.39 is 9.84 Å². The third-order valence-electron chi connectivity index (χ3n) is 4.77. The number of carbonyl (C=O) groups excluding carboxylic acids is 1. The van der Waals surface area contributed by atoms with Gasteiger partial charge in [0.05, 0.1) is 11.5 Å². The van der Waals surface area contributed by atoms with Crippen LogP contribution in [0, 0.1) is 0 Å². The minimum atomic E-state index is -3.05. The van der Waals surface area contributed by atoms with Crippen LogP contribution in [-0.4, -0.2) is 72.4 Å². The summed E-state index contributed by atoms with van der Waals surface area (Å²) >= 11 is 0. The lowest BCUT2D eigenvalue weighted by atomic mass is 10.2. The topological polar surface area (TPSA) is 96.4 Å². The number of amides is 1. The molecule has 144 valence electrons. The van der Waals surface area contributed by atoms with E-state index in [-0.39, 0.29) is 29.1 Å². The second-order valence-electron chi connectivity index (χ2n) is 6.74. The van der Waals surface area contributed by atoms with E-state index >= 15 is 0 Å². The van der Waals surface area contributed by atoms with Crippen LogP contribution in [0.5, 0.6) is 0 Å². The highest BCUT2D eigenvalue weighted by Gasteiger charge is 2.33. The predicted octanol–water partition coefficient (Wildman–Crippen LogP) is 0.810. The molecule has 0 radical (unpaired) electrons. The molecule has 27 heavy (non-hydrogen) atoms. The Hall–Kier alpha value is -2.55. The molecule has 3 rings (SSSR count). The van der Waals surface area contributed by atoms with Gasteiger partial charge >= 0.3 is 0 Å². The van der Waals surface area contributed by atoms with Crippen molar-refractivity contribution in [2.45, 2.75) is 18.9 Å². The lowest BCUT2D eigenvalue weighted by molar-refractivity contribution is 0.0741. The Balaban J connectivity index is 1.66. The van der Waals surface area contributed by atoms with E-state index in [1.807, 2.05) is 24.1 Å². The number of likely N-dealkylation sites (N-methyl/N-ethyl adjacent to an activating group) is 1. The van der Waals surface area contributed by atoms with Crippen molar-refractivity contribution in [1.29, 1.82) is 0 Å². The number of hydrogen-bond donors (Lipinski definition) is 0. The van der Waals surface area contributed by atoms with Gasteiger partial charge in [-0.3, -0.25) is 9.78 Å². The van der Waals surface area contributed by atoms with E-state index in [1.165, 1.54) is 4.90 Å². The van der Waals surface area contributed by atoms with Gasteiger partial charge in [-0.05, 0) is 36.6 Å². The van der Waals surface area contributed by atoms with Crippen LogP contribution >= 0.6 is 0 Å². The Kier molecular flexibility index (Phi) is 5.69. The SMILES string of the molecule is CN(CCc1ccncc1)c1nccc(C(=O)N(C)C2CCS(=O)(=O)C2)n1.